The standard InChI is InChI=1S/C22H37NO3S/c1-16(2)9-7-10-18(5)11-8-12-19(6)13-14-27-15-20(22(25)26)23-21(24)17(3)4/h9,11,13,17,20H,7-8,10,12,14-15H2,1-6H3,(H,23,24)(H,25,26)/t20-/m0/s1. The van der Waals surface area contributed by atoms with Crippen LogP contribution in [0.3, 0.4) is 0 Å². The number of hydrogen-bond donors (Lipinski definition) is 2. The summed E-state index contributed by atoms with van der Waals surface area (Å²) in [5.74, 6) is -0.276. The minimum absolute atomic E-state index is 0.211. The summed E-state index contributed by atoms with van der Waals surface area (Å²) in [5.41, 5.74) is 4.11. The van der Waals surface area contributed by atoms with Gasteiger partial charge in [-0.05, 0) is 53.4 Å². The summed E-state index contributed by atoms with van der Waals surface area (Å²) in [4.78, 5) is 22.9. The number of aliphatic carboxylic acids is 1. The molecule has 1 amide bonds. The minimum atomic E-state index is -0.981. The van der Waals surface area contributed by atoms with E-state index in [4.69, 9.17) is 0 Å². The number of carbonyl (C=O) groups excluding carboxylic acids is 1. The van der Waals surface area contributed by atoms with Gasteiger partial charge >= 0.3 is 5.97 Å². The highest BCUT2D eigenvalue weighted by atomic mass is 32.2. The molecule has 0 radical (unpaired) electrons. The van der Waals surface area contributed by atoms with Crippen LogP contribution in [0.2, 0.25) is 0 Å². The van der Waals surface area contributed by atoms with Crippen LogP contribution in [0.25, 0.3) is 0 Å². The van der Waals surface area contributed by atoms with Gasteiger partial charge in [0.1, 0.15) is 6.04 Å². The van der Waals surface area contributed by atoms with E-state index in [9.17, 15) is 14.7 Å². The molecule has 0 aromatic rings. The lowest BCUT2D eigenvalue weighted by Gasteiger charge is -2.15. The predicted molar refractivity (Wildman–Crippen MR) is 117 cm³/mol. The molecule has 0 fully saturated rings. The first-order valence-electron chi connectivity index (χ1n) is 9.69. The first-order valence-corrected chi connectivity index (χ1v) is 10.8. The van der Waals surface area contributed by atoms with Gasteiger partial charge in [-0.3, -0.25) is 4.79 Å². The lowest BCUT2D eigenvalue weighted by atomic mass is 10.1. The molecule has 0 aromatic heterocycles. The van der Waals surface area contributed by atoms with Crippen LogP contribution in [0.1, 0.15) is 67.2 Å². The Hall–Kier alpha value is -1.49. The number of thioether (sulfide) groups is 1. The van der Waals surface area contributed by atoms with E-state index in [1.54, 1.807) is 13.8 Å². The van der Waals surface area contributed by atoms with E-state index in [0.717, 1.165) is 31.4 Å². The van der Waals surface area contributed by atoms with Crippen LogP contribution in [-0.4, -0.2) is 34.5 Å². The van der Waals surface area contributed by atoms with Gasteiger partial charge in [-0.1, -0.05) is 48.8 Å². The third kappa shape index (κ3) is 14.3. The summed E-state index contributed by atoms with van der Waals surface area (Å²) in [7, 11) is 0. The van der Waals surface area contributed by atoms with Crippen LogP contribution in [0.15, 0.2) is 34.9 Å². The molecule has 0 unspecified atom stereocenters. The fraction of sp³-hybridized carbons (Fsp3) is 0.636. The Morgan fingerprint density at radius 3 is 2.04 bits per heavy atom. The lowest BCUT2D eigenvalue weighted by molar-refractivity contribution is -0.141. The van der Waals surface area contributed by atoms with E-state index in [-0.39, 0.29) is 11.8 Å². The molecule has 5 heteroatoms. The van der Waals surface area contributed by atoms with E-state index in [1.165, 1.54) is 28.5 Å². The summed E-state index contributed by atoms with van der Waals surface area (Å²) in [6.07, 6.45) is 11.0. The molecule has 27 heavy (non-hydrogen) atoms. The fourth-order valence-corrected chi connectivity index (χ4v) is 3.24. The van der Waals surface area contributed by atoms with E-state index in [2.05, 4.69) is 51.2 Å². The molecule has 0 aromatic carbocycles. The van der Waals surface area contributed by atoms with Gasteiger partial charge in [0, 0.05) is 17.4 Å². The summed E-state index contributed by atoms with van der Waals surface area (Å²) >= 11 is 1.53. The maximum absolute atomic E-state index is 11.7. The van der Waals surface area contributed by atoms with Gasteiger partial charge in [0.25, 0.3) is 0 Å². The van der Waals surface area contributed by atoms with Crippen LogP contribution in [0.5, 0.6) is 0 Å². The average molecular weight is 396 g/mol. The SMILES string of the molecule is CC(C)=CCCC(C)=CCCC(C)=CCSC[C@H](NC(=O)C(C)C)C(=O)O. The second-order valence-corrected chi connectivity index (χ2v) is 8.63. The molecular formula is C22H37NO3S. The lowest BCUT2D eigenvalue weighted by Crippen LogP contribution is -2.44. The molecule has 0 heterocycles. The van der Waals surface area contributed by atoms with E-state index in [1.807, 2.05) is 0 Å². The molecule has 4 nitrogen and oxygen atoms in total. The molecule has 0 rings (SSSR count). The summed E-state index contributed by atoms with van der Waals surface area (Å²) in [6.45, 7) is 12.1. The highest BCUT2D eigenvalue weighted by molar-refractivity contribution is 7.99. The first-order chi connectivity index (χ1) is 12.6. The van der Waals surface area contributed by atoms with Crippen molar-refractivity contribution in [3.8, 4) is 0 Å². The van der Waals surface area contributed by atoms with Crippen molar-refractivity contribution in [1.82, 2.24) is 5.32 Å². The second kappa shape index (κ2) is 14.6. The molecule has 0 bridgehead atoms. The van der Waals surface area contributed by atoms with Gasteiger partial charge in [-0.25, -0.2) is 4.79 Å². The van der Waals surface area contributed by atoms with Gasteiger partial charge in [0.05, 0.1) is 0 Å². The van der Waals surface area contributed by atoms with Crippen LogP contribution in [0.4, 0.5) is 0 Å². The van der Waals surface area contributed by atoms with Crippen molar-refractivity contribution < 1.29 is 14.7 Å². The smallest absolute Gasteiger partial charge is 0.327 e. The maximum atomic E-state index is 11.7. The monoisotopic (exact) mass is 395 g/mol. The van der Waals surface area contributed by atoms with Gasteiger partial charge in [-0.15, -0.1) is 0 Å². The normalized spacial score (nSPS) is 13.4. The second-order valence-electron chi connectivity index (χ2n) is 7.55. The number of nitrogens with one attached hydrogen (secondary N) is 1. The Morgan fingerprint density at radius 2 is 1.52 bits per heavy atom. The third-order valence-corrected chi connectivity index (χ3v) is 5.07. The third-order valence-electron chi connectivity index (χ3n) is 4.10. The van der Waals surface area contributed by atoms with Crippen molar-refractivity contribution in [2.45, 2.75) is 73.3 Å². The maximum Gasteiger partial charge on any atom is 0.327 e. The predicted octanol–water partition coefficient (Wildman–Crippen LogP) is 5.36. The Labute approximate surface area is 169 Å². The van der Waals surface area contributed by atoms with Gasteiger partial charge < -0.3 is 10.4 Å². The van der Waals surface area contributed by atoms with Crippen LogP contribution >= 0.6 is 11.8 Å². The van der Waals surface area contributed by atoms with Crippen LogP contribution in [-0.2, 0) is 9.59 Å². The van der Waals surface area contributed by atoms with Gasteiger partial charge in [-0.2, -0.15) is 11.8 Å². The zero-order valence-electron chi connectivity index (χ0n) is 17.8. The van der Waals surface area contributed by atoms with Crippen molar-refractivity contribution in [3.05, 3.63) is 34.9 Å². The average Bonchev–Trinajstić information content (AvgIpc) is 2.56. The zero-order valence-corrected chi connectivity index (χ0v) is 18.6. The van der Waals surface area contributed by atoms with Crippen LogP contribution in [0, 0.1) is 5.92 Å². The fourth-order valence-electron chi connectivity index (χ4n) is 2.24. The van der Waals surface area contributed by atoms with Crippen molar-refractivity contribution in [2.24, 2.45) is 5.92 Å². The molecule has 0 saturated carbocycles. The summed E-state index contributed by atoms with van der Waals surface area (Å²) in [5, 5.41) is 11.8. The van der Waals surface area contributed by atoms with Gasteiger partial charge in [0.2, 0.25) is 5.91 Å². The first kappa shape index (κ1) is 25.5. The molecule has 2 N–H and O–H groups in total. The number of amides is 1. The number of carboxylic acids is 1. The van der Waals surface area contributed by atoms with E-state index >= 15 is 0 Å². The van der Waals surface area contributed by atoms with Crippen molar-refractivity contribution in [3.63, 3.8) is 0 Å². The topological polar surface area (TPSA) is 66.4 Å². The largest absolute Gasteiger partial charge is 0.480 e. The van der Waals surface area contributed by atoms with E-state index < -0.39 is 12.0 Å². The number of carbonyl (C=O) groups is 2. The number of rotatable bonds is 13. The molecule has 0 aliphatic carbocycles. The highest BCUT2D eigenvalue weighted by Crippen LogP contribution is 2.13. The molecule has 0 aliphatic rings. The van der Waals surface area contributed by atoms with Crippen molar-refractivity contribution >= 4 is 23.6 Å². The number of hydrogen-bond acceptors (Lipinski definition) is 3. The van der Waals surface area contributed by atoms with E-state index in [0.29, 0.717) is 5.75 Å². The van der Waals surface area contributed by atoms with Crippen molar-refractivity contribution in [2.75, 3.05) is 11.5 Å². The molecular weight excluding hydrogens is 358 g/mol. The Kier molecular flexibility index (Phi) is 13.8. The molecule has 0 saturated heterocycles. The Bertz CT molecular complexity index is 558. The highest BCUT2D eigenvalue weighted by Gasteiger charge is 2.20. The quantitative estimate of drug-likeness (QED) is 0.325. The Morgan fingerprint density at radius 1 is 0.963 bits per heavy atom. The number of carboxylic acid groups (broad SMARTS) is 1. The molecule has 0 aliphatic heterocycles. The summed E-state index contributed by atoms with van der Waals surface area (Å²) in [6, 6.07) is -0.829. The van der Waals surface area contributed by atoms with Crippen LogP contribution < -0.4 is 5.32 Å². The summed E-state index contributed by atoms with van der Waals surface area (Å²) < 4.78 is 0. The molecule has 154 valence electrons. The van der Waals surface area contributed by atoms with Crippen molar-refractivity contribution in [1.29, 1.82) is 0 Å². The number of allylic oxidation sites excluding steroid dienone is 5. The zero-order chi connectivity index (χ0) is 20.8. The molecule has 1 atom stereocenters. The van der Waals surface area contributed by atoms with Gasteiger partial charge in [0.15, 0.2) is 0 Å². The minimum Gasteiger partial charge on any atom is -0.480 e. The molecule has 0 spiro atoms. The Balaban J connectivity index is 4.18.